The lowest BCUT2D eigenvalue weighted by Crippen LogP contribution is -2.34. The predicted molar refractivity (Wildman–Crippen MR) is 115 cm³/mol. The van der Waals surface area contributed by atoms with Crippen LogP contribution in [0.2, 0.25) is 0 Å². The smallest absolute Gasteiger partial charge is 0.306 e. The summed E-state index contributed by atoms with van der Waals surface area (Å²) in [6, 6.07) is 0. The van der Waals surface area contributed by atoms with Crippen LogP contribution in [-0.4, -0.2) is 33.7 Å². The standard InChI is InChI=1S/C22H42O4S/c1-9-15(19(23)24)17(21(3,4)5)11-13-27-14-12-18(22(6,7)8)16(10-2)20(25)26/h15-18H,9-14H2,1-8H3,(H,23,24)(H,25,26). The SMILES string of the molecule is CCC(C(=O)O)C(CCSCCC(C(CC)C(=O)O)C(C)(C)C)C(C)(C)C. The Kier molecular flexibility index (Phi) is 11.0. The Balaban J connectivity index is 4.79. The van der Waals surface area contributed by atoms with Gasteiger partial charge in [0.25, 0.3) is 0 Å². The average Bonchev–Trinajstić information content (AvgIpc) is 2.49. The number of thioether (sulfide) groups is 1. The maximum absolute atomic E-state index is 11.6. The molecule has 27 heavy (non-hydrogen) atoms. The molecule has 4 unspecified atom stereocenters. The Morgan fingerprint density at radius 3 is 1.22 bits per heavy atom. The molecule has 0 fully saturated rings. The lowest BCUT2D eigenvalue weighted by atomic mass is 9.71. The first kappa shape index (κ1) is 26.3. The Morgan fingerprint density at radius 1 is 0.741 bits per heavy atom. The molecule has 0 aromatic heterocycles. The third-order valence-corrected chi connectivity index (χ3v) is 6.91. The highest BCUT2D eigenvalue weighted by Gasteiger charge is 2.36. The number of carboxylic acid groups (broad SMARTS) is 2. The van der Waals surface area contributed by atoms with Crippen LogP contribution in [0.3, 0.4) is 0 Å². The molecule has 0 radical (unpaired) electrons. The van der Waals surface area contributed by atoms with E-state index in [2.05, 4.69) is 41.5 Å². The van der Waals surface area contributed by atoms with E-state index in [0.717, 1.165) is 24.3 Å². The first-order chi connectivity index (χ1) is 12.3. The molecular weight excluding hydrogens is 360 g/mol. The molecule has 0 bridgehead atoms. The van der Waals surface area contributed by atoms with Crippen molar-refractivity contribution in [2.24, 2.45) is 34.5 Å². The van der Waals surface area contributed by atoms with Gasteiger partial charge in [-0.3, -0.25) is 9.59 Å². The Morgan fingerprint density at radius 2 is 1.04 bits per heavy atom. The maximum atomic E-state index is 11.6. The van der Waals surface area contributed by atoms with Crippen LogP contribution in [0.25, 0.3) is 0 Å². The van der Waals surface area contributed by atoms with Crippen molar-refractivity contribution in [1.29, 1.82) is 0 Å². The van der Waals surface area contributed by atoms with Crippen molar-refractivity contribution in [3.63, 3.8) is 0 Å². The second kappa shape index (κ2) is 11.3. The van der Waals surface area contributed by atoms with Gasteiger partial charge in [0, 0.05) is 0 Å². The van der Waals surface area contributed by atoms with Gasteiger partial charge in [0.15, 0.2) is 0 Å². The maximum Gasteiger partial charge on any atom is 0.306 e. The lowest BCUT2D eigenvalue weighted by molar-refractivity contribution is -0.146. The van der Waals surface area contributed by atoms with Gasteiger partial charge >= 0.3 is 11.9 Å². The fourth-order valence-electron chi connectivity index (χ4n) is 4.26. The molecule has 0 saturated heterocycles. The number of carboxylic acids is 2. The summed E-state index contributed by atoms with van der Waals surface area (Å²) in [4.78, 5) is 23.2. The number of hydrogen-bond donors (Lipinski definition) is 2. The zero-order valence-corrected chi connectivity index (χ0v) is 19.5. The van der Waals surface area contributed by atoms with Crippen molar-refractivity contribution in [3.8, 4) is 0 Å². The van der Waals surface area contributed by atoms with Crippen molar-refractivity contribution < 1.29 is 19.8 Å². The van der Waals surface area contributed by atoms with Crippen LogP contribution in [-0.2, 0) is 9.59 Å². The lowest BCUT2D eigenvalue weighted by Gasteiger charge is -2.36. The van der Waals surface area contributed by atoms with Crippen LogP contribution in [0.4, 0.5) is 0 Å². The van der Waals surface area contributed by atoms with Gasteiger partial charge in [0.2, 0.25) is 0 Å². The number of aliphatic carboxylic acids is 2. The zero-order valence-electron chi connectivity index (χ0n) is 18.7. The molecule has 0 aromatic rings. The third-order valence-electron chi connectivity index (χ3n) is 5.86. The summed E-state index contributed by atoms with van der Waals surface area (Å²) in [5.41, 5.74) is -0.0750. The number of rotatable bonds is 12. The van der Waals surface area contributed by atoms with Crippen molar-refractivity contribution in [2.75, 3.05) is 11.5 Å². The molecule has 5 heteroatoms. The Hall–Kier alpha value is -0.710. The fraction of sp³-hybridized carbons (Fsp3) is 0.909. The summed E-state index contributed by atoms with van der Waals surface area (Å²) in [5, 5.41) is 19.1. The topological polar surface area (TPSA) is 74.6 Å². The van der Waals surface area contributed by atoms with Crippen LogP contribution in [0.5, 0.6) is 0 Å². The molecule has 2 N–H and O–H groups in total. The molecule has 0 aliphatic carbocycles. The first-order valence-corrected chi connectivity index (χ1v) is 11.5. The minimum atomic E-state index is -0.692. The van der Waals surface area contributed by atoms with E-state index < -0.39 is 11.9 Å². The minimum absolute atomic E-state index is 0.0375. The molecule has 0 heterocycles. The average molecular weight is 403 g/mol. The largest absolute Gasteiger partial charge is 0.481 e. The normalized spacial score (nSPS) is 17.2. The van der Waals surface area contributed by atoms with E-state index in [-0.39, 0.29) is 34.5 Å². The van der Waals surface area contributed by atoms with Crippen LogP contribution in [0.15, 0.2) is 0 Å². The van der Waals surface area contributed by atoms with Crippen molar-refractivity contribution >= 4 is 23.7 Å². The molecule has 0 aromatic carbocycles. The van der Waals surface area contributed by atoms with Crippen LogP contribution >= 0.6 is 11.8 Å². The van der Waals surface area contributed by atoms with Gasteiger partial charge in [-0.05, 0) is 59.9 Å². The molecule has 0 rings (SSSR count). The minimum Gasteiger partial charge on any atom is -0.481 e. The van der Waals surface area contributed by atoms with Crippen molar-refractivity contribution in [1.82, 2.24) is 0 Å². The number of hydrogen-bond acceptors (Lipinski definition) is 3. The van der Waals surface area contributed by atoms with Crippen LogP contribution in [0, 0.1) is 34.5 Å². The van der Waals surface area contributed by atoms with Gasteiger partial charge in [-0.25, -0.2) is 0 Å². The molecule has 0 saturated carbocycles. The van der Waals surface area contributed by atoms with E-state index >= 15 is 0 Å². The van der Waals surface area contributed by atoms with Crippen LogP contribution in [0.1, 0.15) is 81.1 Å². The molecule has 0 spiro atoms. The van der Waals surface area contributed by atoms with Gasteiger partial charge < -0.3 is 10.2 Å². The molecular formula is C22H42O4S. The summed E-state index contributed by atoms with van der Waals surface area (Å²) in [6.07, 6.45) is 3.08. The van der Waals surface area contributed by atoms with Crippen molar-refractivity contribution in [3.05, 3.63) is 0 Å². The monoisotopic (exact) mass is 402 g/mol. The van der Waals surface area contributed by atoms with Gasteiger partial charge in [0.05, 0.1) is 11.8 Å². The number of carbonyl (C=O) groups is 2. The van der Waals surface area contributed by atoms with Crippen LogP contribution < -0.4 is 0 Å². The summed E-state index contributed by atoms with van der Waals surface area (Å²) in [7, 11) is 0. The van der Waals surface area contributed by atoms with E-state index in [4.69, 9.17) is 0 Å². The van der Waals surface area contributed by atoms with Crippen molar-refractivity contribution in [2.45, 2.75) is 81.1 Å². The molecule has 0 aliphatic heterocycles. The molecule has 4 nitrogen and oxygen atoms in total. The van der Waals surface area contributed by atoms with Gasteiger partial charge in [0.1, 0.15) is 0 Å². The van der Waals surface area contributed by atoms with Gasteiger partial charge in [-0.2, -0.15) is 11.8 Å². The second-order valence-corrected chi connectivity index (χ2v) is 11.1. The third kappa shape index (κ3) is 8.89. The van der Waals surface area contributed by atoms with E-state index in [1.54, 1.807) is 0 Å². The molecule has 160 valence electrons. The first-order valence-electron chi connectivity index (χ1n) is 10.3. The van der Waals surface area contributed by atoms with E-state index in [9.17, 15) is 19.8 Å². The van der Waals surface area contributed by atoms with E-state index in [0.29, 0.717) is 12.8 Å². The fourth-order valence-corrected chi connectivity index (χ4v) is 5.31. The Bertz CT molecular complexity index is 420. The predicted octanol–water partition coefficient (Wildman–Crippen LogP) is 6.05. The summed E-state index contributed by atoms with van der Waals surface area (Å²) in [6.45, 7) is 16.7. The summed E-state index contributed by atoms with van der Waals surface area (Å²) >= 11 is 1.84. The van der Waals surface area contributed by atoms with E-state index in [1.165, 1.54) is 0 Å². The Labute approximate surface area is 170 Å². The quantitative estimate of drug-likeness (QED) is 0.389. The molecule has 0 aliphatic rings. The summed E-state index contributed by atoms with van der Waals surface area (Å²) in [5.74, 6) is 0.152. The highest BCUT2D eigenvalue weighted by atomic mass is 32.2. The van der Waals surface area contributed by atoms with E-state index in [1.807, 2.05) is 25.6 Å². The highest BCUT2D eigenvalue weighted by Crippen LogP contribution is 2.39. The molecule has 0 amide bonds. The zero-order chi connectivity index (χ0) is 21.4. The van der Waals surface area contributed by atoms with Gasteiger partial charge in [-0.15, -0.1) is 0 Å². The van der Waals surface area contributed by atoms with Gasteiger partial charge in [-0.1, -0.05) is 55.4 Å². The summed E-state index contributed by atoms with van der Waals surface area (Å²) < 4.78 is 0. The highest BCUT2D eigenvalue weighted by molar-refractivity contribution is 7.99. The second-order valence-electron chi connectivity index (χ2n) is 9.84. The molecule has 4 atom stereocenters.